The number of nitrogens with zero attached hydrogens (tertiary/aromatic N) is 1. The average molecular weight is 254 g/mol. The molecule has 1 unspecified atom stereocenters. The lowest BCUT2D eigenvalue weighted by Crippen LogP contribution is -2.31. The number of H-pyrrole nitrogens is 1. The van der Waals surface area contributed by atoms with E-state index in [9.17, 15) is 8.42 Å². The Hall–Kier alpha value is -1.60. The lowest BCUT2D eigenvalue weighted by molar-refractivity contribution is 0.589. The van der Waals surface area contributed by atoms with Gasteiger partial charge in [0, 0.05) is 6.54 Å². The molecule has 0 saturated carbocycles. The summed E-state index contributed by atoms with van der Waals surface area (Å²) < 4.78 is 25.9. The maximum Gasteiger partial charge on any atom is 0.238 e. The Morgan fingerprint density at radius 3 is 2.82 bits per heavy atom. The van der Waals surface area contributed by atoms with Gasteiger partial charge in [-0.05, 0) is 19.1 Å². The molecule has 2 rings (SSSR count). The van der Waals surface area contributed by atoms with E-state index < -0.39 is 15.3 Å². The third kappa shape index (κ3) is 2.40. The van der Waals surface area contributed by atoms with Gasteiger partial charge in [-0.15, -0.1) is 0 Å². The van der Waals surface area contributed by atoms with Crippen molar-refractivity contribution in [2.75, 3.05) is 11.3 Å². The van der Waals surface area contributed by atoms with Gasteiger partial charge in [-0.2, -0.15) is 0 Å². The van der Waals surface area contributed by atoms with E-state index in [4.69, 9.17) is 5.73 Å². The molecule has 0 amide bonds. The van der Waals surface area contributed by atoms with E-state index in [0.29, 0.717) is 5.52 Å². The molecule has 2 aromatic rings. The van der Waals surface area contributed by atoms with Crippen molar-refractivity contribution < 1.29 is 8.42 Å². The molecule has 0 aliphatic heterocycles. The molecule has 1 atom stereocenters. The van der Waals surface area contributed by atoms with Crippen LogP contribution in [0.3, 0.4) is 0 Å². The highest BCUT2D eigenvalue weighted by Gasteiger charge is 2.20. The molecule has 1 aromatic carbocycles. The fraction of sp³-hybridized carbons (Fsp3) is 0.300. The Morgan fingerprint density at radius 1 is 1.47 bits per heavy atom. The standard InChI is InChI=1S/C10H14N4O2S/c1-7(6-11)17(15,16)14-10-12-8-4-2-3-5-9(8)13-10/h2-5,7H,6,11H2,1H3,(H2,12,13,14). The molecule has 0 aliphatic carbocycles. The summed E-state index contributed by atoms with van der Waals surface area (Å²) in [6, 6.07) is 7.31. The molecular formula is C10H14N4O2S. The van der Waals surface area contributed by atoms with Crippen LogP contribution in [0.5, 0.6) is 0 Å². The highest BCUT2D eigenvalue weighted by atomic mass is 32.2. The minimum Gasteiger partial charge on any atom is -0.329 e. The predicted octanol–water partition coefficient (Wildman–Crippen LogP) is 0.652. The first-order valence-corrected chi connectivity index (χ1v) is 6.74. The topological polar surface area (TPSA) is 101 Å². The Morgan fingerprint density at radius 2 is 2.18 bits per heavy atom. The van der Waals surface area contributed by atoms with Crippen LogP contribution in [0.2, 0.25) is 0 Å². The van der Waals surface area contributed by atoms with Crippen LogP contribution in [-0.4, -0.2) is 30.2 Å². The molecule has 0 bridgehead atoms. The number of imidazole rings is 1. The summed E-state index contributed by atoms with van der Waals surface area (Å²) in [4.78, 5) is 7.02. The van der Waals surface area contributed by atoms with Gasteiger partial charge in [0.2, 0.25) is 16.0 Å². The van der Waals surface area contributed by atoms with Crippen LogP contribution in [0.4, 0.5) is 5.95 Å². The first-order chi connectivity index (χ1) is 8.03. The maximum atomic E-state index is 11.8. The van der Waals surface area contributed by atoms with E-state index in [-0.39, 0.29) is 12.5 Å². The number of aromatic amines is 1. The number of fused-ring (bicyclic) bond motifs is 1. The summed E-state index contributed by atoms with van der Waals surface area (Å²) in [6.07, 6.45) is 0. The second-order valence-electron chi connectivity index (χ2n) is 3.80. The molecule has 0 aliphatic rings. The van der Waals surface area contributed by atoms with Gasteiger partial charge >= 0.3 is 0 Å². The first-order valence-electron chi connectivity index (χ1n) is 5.19. The van der Waals surface area contributed by atoms with Crippen LogP contribution in [0.1, 0.15) is 6.92 Å². The highest BCUT2D eigenvalue weighted by Crippen LogP contribution is 2.15. The third-order valence-electron chi connectivity index (χ3n) is 2.49. The lowest BCUT2D eigenvalue weighted by Gasteiger charge is -2.10. The van der Waals surface area contributed by atoms with Crippen molar-refractivity contribution in [1.82, 2.24) is 9.97 Å². The minimum atomic E-state index is -3.48. The van der Waals surface area contributed by atoms with E-state index in [0.717, 1.165) is 5.52 Å². The number of nitrogens with one attached hydrogen (secondary N) is 2. The van der Waals surface area contributed by atoms with Crippen LogP contribution < -0.4 is 10.5 Å². The molecular weight excluding hydrogens is 240 g/mol. The van der Waals surface area contributed by atoms with Gasteiger partial charge in [-0.3, -0.25) is 4.72 Å². The molecule has 6 nitrogen and oxygen atoms in total. The van der Waals surface area contributed by atoms with Gasteiger partial charge in [0.15, 0.2) is 0 Å². The minimum absolute atomic E-state index is 0.0650. The van der Waals surface area contributed by atoms with Gasteiger partial charge in [-0.25, -0.2) is 13.4 Å². The van der Waals surface area contributed by atoms with Crippen LogP contribution in [0.15, 0.2) is 24.3 Å². The van der Waals surface area contributed by atoms with E-state index in [1.165, 1.54) is 0 Å². The zero-order valence-electron chi connectivity index (χ0n) is 9.34. The molecule has 0 spiro atoms. The van der Waals surface area contributed by atoms with Crippen molar-refractivity contribution in [3.63, 3.8) is 0 Å². The SMILES string of the molecule is CC(CN)S(=O)(=O)Nc1nc2ccccc2[nH]1. The Balaban J connectivity index is 2.30. The average Bonchev–Trinajstić information content (AvgIpc) is 2.68. The highest BCUT2D eigenvalue weighted by molar-refractivity contribution is 7.93. The van der Waals surface area contributed by atoms with Crippen molar-refractivity contribution in [1.29, 1.82) is 0 Å². The maximum absolute atomic E-state index is 11.8. The predicted molar refractivity (Wildman–Crippen MR) is 67.2 cm³/mol. The monoisotopic (exact) mass is 254 g/mol. The first kappa shape index (κ1) is 11.9. The van der Waals surface area contributed by atoms with Gasteiger partial charge in [0.25, 0.3) is 0 Å². The van der Waals surface area contributed by atoms with Crippen molar-refractivity contribution in [3.05, 3.63) is 24.3 Å². The van der Waals surface area contributed by atoms with Crippen molar-refractivity contribution >= 4 is 27.0 Å². The summed E-state index contributed by atoms with van der Waals surface area (Å²) in [5, 5.41) is -0.657. The van der Waals surface area contributed by atoms with Crippen molar-refractivity contribution in [3.8, 4) is 0 Å². The molecule has 7 heteroatoms. The van der Waals surface area contributed by atoms with Crippen molar-refractivity contribution in [2.45, 2.75) is 12.2 Å². The van der Waals surface area contributed by atoms with Crippen molar-refractivity contribution in [2.24, 2.45) is 5.73 Å². The van der Waals surface area contributed by atoms with E-state index in [2.05, 4.69) is 14.7 Å². The van der Waals surface area contributed by atoms with Crippen LogP contribution in [-0.2, 0) is 10.0 Å². The van der Waals surface area contributed by atoms with E-state index in [1.54, 1.807) is 13.0 Å². The van der Waals surface area contributed by atoms with Crippen LogP contribution in [0, 0.1) is 0 Å². The summed E-state index contributed by atoms with van der Waals surface area (Å²) in [6.45, 7) is 1.61. The number of hydrogen-bond acceptors (Lipinski definition) is 4. The summed E-state index contributed by atoms with van der Waals surface area (Å²) in [5.74, 6) is 0.214. The van der Waals surface area contributed by atoms with Crippen LogP contribution in [0.25, 0.3) is 11.0 Å². The summed E-state index contributed by atoms with van der Waals surface area (Å²) >= 11 is 0. The Labute approximate surface area is 99.3 Å². The van der Waals surface area contributed by atoms with Gasteiger partial charge in [0.1, 0.15) is 0 Å². The third-order valence-corrected chi connectivity index (χ3v) is 4.22. The second kappa shape index (κ2) is 4.34. The molecule has 0 saturated heterocycles. The normalized spacial score (nSPS) is 13.8. The quantitative estimate of drug-likeness (QED) is 0.745. The molecule has 17 heavy (non-hydrogen) atoms. The fourth-order valence-electron chi connectivity index (χ4n) is 1.36. The zero-order chi connectivity index (χ0) is 12.5. The number of anilines is 1. The Bertz CT molecular complexity index is 587. The summed E-state index contributed by atoms with van der Waals surface area (Å²) in [5.41, 5.74) is 6.83. The second-order valence-corrected chi connectivity index (χ2v) is 5.89. The fourth-order valence-corrected chi connectivity index (χ4v) is 2.18. The molecule has 92 valence electrons. The molecule has 1 aromatic heterocycles. The largest absolute Gasteiger partial charge is 0.329 e. The molecule has 0 radical (unpaired) electrons. The molecule has 0 fully saturated rings. The van der Waals surface area contributed by atoms with Gasteiger partial charge in [-0.1, -0.05) is 12.1 Å². The van der Waals surface area contributed by atoms with Crippen LogP contribution >= 0.6 is 0 Å². The lowest BCUT2D eigenvalue weighted by atomic mass is 10.3. The summed E-state index contributed by atoms with van der Waals surface area (Å²) in [7, 11) is -3.48. The number of sulfonamides is 1. The number of benzene rings is 1. The van der Waals surface area contributed by atoms with E-state index in [1.807, 2.05) is 18.2 Å². The van der Waals surface area contributed by atoms with E-state index >= 15 is 0 Å². The number of rotatable bonds is 4. The number of aromatic nitrogens is 2. The number of para-hydroxylation sites is 2. The number of hydrogen-bond donors (Lipinski definition) is 3. The molecule has 4 N–H and O–H groups in total. The van der Waals surface area contributed by atoms with Gasteiger partial charge < -0.3 is 10.7 Å². The number of nitrogens with two attached hydrogens (primary N) is 1. The molecule has 1 heterocycles. The Kier molecular flexibility index (Phi) is 3.03. The zero-order valence-corrected chi connectivity index (χ0v) is 10.2. The van der Waals surface area contributed by atoms with Gasteiger partial charge in [0.05, 0.1) is 16.3 Å². The smallest absolute Gasteiger partial charge is 0.238 e.